The zero-order chi connectivity index (χ0) is 22.7. The Hall–Kier alpha value is -3.48. The fourth-order valence-corrected chi connectivity index (χ4v) is 4.02. The second-order valence-corrected chi connectivity index (χ2v) is 8.05. The molecule has 3 N–H and O–H groups in total. The lowest BCUT2D eigenvalue weighted by Gasteiger charge is -2.15. The van der Waals surface area contributed by atoms with E-state index in [9.17, 15) is 14.7 Å². The molecule has 0 spiro atoms. The van der Waals surface area contributed by atoms with Crippen molar-refractivity contribution in [2.45, 2.75) is 18.9 Å². The largest absolute Gasteiger partial charge is 0.481 e. The van der Waals surface area contributed by atoms with Crippen molar-refractivity contribution < 1.29 is 14.7 Å². The van der Waals surface area contributed by atoms with Gasteiger partial charge in [0.1, 0.15) is 5.92 Å². The van der Waals surface area contributed by atoms with Gasteiger partial charge in [-0.3, -0.25) is 14.6 Å². The minimum atomic E-state index is -0.917. The molecule has 0 saturated heterocycles. The highest BCUT2D eigenvalue weighted by Crippen LogP contribution is 2.37. The van der Waals surface area contributed by atoms with E-state index in [2.05, 4.69) is 10.6 Å². The molecule has 162 valence electrons. The van der Waals surface area contributed by atoms with Gasteiger partial charge in [0.05, 0.1) is 17.8 Å². The summed E-state index contributed by atoms with van der Waals surface area (Å²) in [5.41, 5.74) is 5.17. The van der Waals surface area contributed by atoms with E-state index in [1.807, 2.05) is 43.4 Å². The molecule has 3 aromatic carbocycles. The van der Waals surface area contributed by atoms with E-state index >= 15 is 0 Å². The van der Waals surface area contributed by atoms with Crippen LogP contribution in [0.4, 0.5) is 11.4 Å². The number of amides is 1. The van der Waals surface area contributed by atoms with Crippen molar-refractivity contribution in [2.24, 2.45) is 4.99 Å². The molecule has 32 heavy (non-hydrogen) atoms. The molecule has 0 saturated carbocycles. The number of aliphatic carboxylic acids is 1. The lowest BCUT2D eigenvalue weighted by Crippen LogP contribution is -2.22. The third kappa shape index (κ3) is 4.72. The second-order valence-electron chi connectivity index (χ2n) is 7.62. The van der Waals surface area contributed by atoms with Crippen molar-refractivity contribution in [3.8, 4) is 0 Å². The molecular formula is C25H22ClN3O3. The molecule has 1 amide bonds. The van der Waals surface area contributed by atoms with Gasteiger partial charge in [0.15, 0.2) is 0 Å². The molecule has 1 atom stereocenters. The van der Waals surface area contributed by atoms with E-state index in [-0.39, 0.29) is 12.3 Å². The van der Waals surface area contributed by atoms with Gasteiger partial charge in [-0.05, 0) is 59.6 Å². The molecular weight excluding hydrogens is 426 g/mol. The van der Waals surface area contributed by atoms with Crippen LogP contribution in [0.1, 0.15) is 28.2 Å². The summed E-state index contributed by atoms with van der Waals surface area (Å²) in [6.07, 6.45) is -0.108. The molecule has 4 rings (SSSR count). The van der Waals surface area contributed by atoms with Gasteiger partial charge in [-0.15, -0.1) is 0 Å². The monoisotopic (exact) mass is 447 g/mol. The molecule has 6 nitrogen and oxygen atoms in total. The number of rotatable bonds is 7. The van der Waals surface area contributed by atoms with Gasteiger partial charge in [0.2, 0.25) is 5.91 Å². The highest BCUT2D eigenvalue weighted by Gasteiger charge is 2.35. The summed E-state index contributed by atoms with van der Waals surface area (Å²) in [6, 6.07) is 20.2. The molecule has 0 bridgehead atoms. The maximum Gasteiger partial charge on any atom is 0.307 e. The number of hydrogen-bond acceptors (Lipinski definition) is 4. The van der Waals surface area contributed by atoms with Gasteiger partial charge < -0.3 is 15.7 Å². The number of carboxylic acids is 1. The number of fused-ring (bicyclic) bond motifs is 1. The van der Waals surface area contributed by atoms with Gasteiger partial charge in [-0.1, -0.05) is 48.0 Å². The van der Waals surface area contributed by atoms with Crippen LogP contribution in [0.15, 0.2) is 71.7 Å². The summed E-state index contributed by atoms with van der Waals surface area (Å²) in [5.74, 6) is -1.75. The van der Waals surface area contributed by atoms with Crippen LogP contribution < -0.4 is 10.6 Å². The minimum absolute atomic E-state index is 0.108. The van der Waals surface area contributed by atoms with Crippen molar-refractivity contribution in [3.05, 3.63) is 94.0 Å². The van der Waals surface area contributed by atoms with Gasteiger partial charge in [-0.2, -0.15) is 0 Å². The number of halogens is 1. The number of benzene rings is 3. The van der Waals surface area contributed by atoms with E-state index < -0.39 is 11.9 Å². The fourth-order valence-electron chi connectivity index (χ4n) is 3.85. The highest BCUT2D eigenvalue weighted by molar-refractivity contribution is 6.31. The van der Waals surface area contributed by atoms with Gasteiger partial charge >= 0.3 is 5.97 Å². The Morgan fingerprint density at radius 3 is 2.59 bits per heavy atom. The first-order valence-electron chi connectivity index (χ1n) is 10.2. The molecule has 0 aromatic heterocycles. The van der Waals surface area contributed by atoms with Gasteiger partial charge in [0.25, 0.3) is 0 Å². The summed E-state index contributed by atoms with van der Waals surface area (Å²) < 4.78 is 0. The van der Waals surface area contributed by atoms with Crippen LogP contribution in [-0.2, 0) is 22.6 Å². The fraction of sp³-hybridized carbons (Fsp3) is 0.160. The third-order valence-electron chi connectivity index (χ3n) is 5.26. The predicted octanol–water partition coefficient (Wildman–Crippen LogP) is 4.54. The molecule has 1 unspecified atom stereocenters. The van der Waals surface area contributed by atoms with Crippen LogP contribution in [0.5, 0.6) is 0 Å². The van der Waals surface area contributed by atoms with Crippen LogP contribution in [0, 0.1) is 0 Å². The number of carbonyl (C=O) groups is 2. The van der Waals surface area contributed by atoms with Crippen LogP contribution in [0.3, 0.4) is 0 Å². The average Bonchev–Trinajstić information content (AvgIpc) is 3.07. The molecule has 1 aliphatic rings. The maximum atomic E-state index is 13.0. The van der Waals surface area contributed by atoms with E-state index in [0.29, 0.717) is 33.2 Å². The Balaban J connectivity index is 1.82. The Labute approximate surface area is 191 Å². The number of carboxylic acid groups (broad SMARTS) is 1. The van der Waals surface area contributed by atoms with E-state index in [0.717, 1.165) is 17.7 Å². The Morgan fingerprint density at radius 1 is 1.09 bits per heavy atom. The lowest BCUT2D eigenvalue weighted by molar-refractivity contribution is -0.136. The van der Waals surface area contributed by atoms with Gasteiger partial charge in [0, 0.05) is 17.3 Å². The molecule has 0 fully saturated rings. The zero-order valence-electron chi connectivity index (χ0n) is 17.4. The summed E-state index contributed by atoms with van der Waals surface area (Å²) in [4.78, 5) is 29.1. The molecule has 1 heterocycles. The quantitative estimate of drug-likeness (QED) is 0.463. The number of carbonyl (C=O) groups excluding carboxylic acids is 1. The smallest absolute Gasteiger partial charge is 0.307 e. The highest BCUT2D eigenvalue weighted by atomic mass is 35.5. The van der Waals surface area contributed by atoms with Gasteiger partial charge in [-0.25, -0.2) is 0 Å². The lowest BCUT2D eigenvalue weighted by atomic mass is 9.89. The number of anilines is 1. The van der Waals surface area contributed by atoms with E-state index in [1.54, 1.807) is 30.3 Å². The molecule has 3 aromatic rings. The van der Waals surface area contributed by atoms with Crippen molar-refractivity contribution in [1.29, 1.82) is 0 Å². The summed E-state index contributed by atoms with van der Waals surface area (Å²) in [6.45, 7) is 0.743. The van der Waals surface area contributed by atoms with E-state index in [1.165, 1.54) is 0 Å². The maximum absolute atomic E-state index is 13.0. The standard InChI is InChI=1S/C25H22ClN3O3/c1-27-14-15-5-8-19(9-6-15)28-24(17-4-2-3-16(11-17)12-22(30)31)23-20-10-7-18(26)13-21(20)29-25(23)32/h2-11,13,23,27H,12,14H2,1H3,(H,29,32)(H,30,31). The first-order chi connectivity index (χ1) is 15.4. The van der Waals surface area contributed by atoms with Crippen LogP contribution in [0.25, 0.3) is 0 Å². The normalized spacial score (nSPS) is 15.4. The molecule has 0 aliphatic carbocycles. The molecule has 1 aliphatic heterocycles. The van der Waals surface area contributed by atoms with Crippen molar-refractivity contribution >= 4 is 40.6 Å². The second kappa shape index (κ2) is 9.34. The molecule has 7 heteroatoms. The Kier molecular flexibility index (Phi) is 6.35. The van der Waals surface area contributed by atoms with Crippen molar-refractivity contribution in [3.63, 3.8) is 0 Å². The average molecular weight is 448 g/mol. The summed E-state index contributed by atoms with van der Waals surface area (Å²) in [7, 11) is 1.89. The Bertz CT molecular complexity index is 1210. The zero-order valence-corrected chi connectivity index (χ0v) is 18.2. The number of nitrogens with zero attached hydrogens (tertiary/aromatic N) is 1. The first-order valence-corrected chi connectivity index (χ1v) is 10.6. The summed E-state index contributed by atoms with van der Waals surface area (Å²) >= 11 is 6.11. The topological polar surface area (TPSA) is 90.8 Å². The summed E-state index contributed by atoms with van der Waals surface area (Å²) in [5, 5.41) is 15.7. The third-order valence-corrected chi connectivity index (χ3v) is 5.50. The van der Waals surface area contributed by atoms with Crippen molar-refractivity contribution in [1.82, 2.24) is 5.32 Å². The minimum Gasteiger partial charge on any atom is -0.481 e. The predicted molar refractivity (Wildman–Crippen MR) is 126 cm³/mol. The SMILES string of the molecule is CNCc1ccc(N=C(c2cccc(CC(=O)O)c2)C2C(=O)Nc3cc(Cl)ccc32)cc1. The Morgan fingerprint density at radius 2 is 1.88 bits per heavy atom. The van der Waals surface area contributed by atoms with Crippen LogP contribution in [-0.4, -0.2) is 29.7 Å². The van der Waals surface area contributed by atoms with Crippen molar-refractivity contribution in [2.75, 3.05) is 12.4 Å². The number of nitrogens with one attached hydrogen (secondary N) is 2. The van der Waals surface area contributed by atoms with E-state index in [4.69, 9.17) is 16.6 Å². The molecule has 0 radical (unpaired) electrons. The first kappa shape index (κ1) is 21.7. The van der Waals surface area contributed by atoms with Crippen LogP contribution in [0.2, 0.25) is 5.02 Å². The van der Waals surface area contributed by atoms with Crippen LogP contribution >= 0.6 is 11.6 Å². The number of hydrogen-bond donors (Lipinski definition) is 3. The number of aliphatic imine (C=N–C) groups is 1.